The van der Waals surface area contributed by atoms with Crippen molar-refractivity contribution in [1.29, 1.82) is 0 Å². The summed E-state index contributed by atoms with van der Waals surface area (Å²) < 4.78 is 12.7. The quantitative estimate of drug-likeness (QED) is 0.205. The maximum absolute atomic E-state index is 13.3. The summed E-state index contributed by atoms with van der Waals surface area (Å²) in [5.41, 5.74) is 2.64. The summed E-state index contributed by atoms with van der Waals surface area (Å²) in [5.74, 6) is 2.18. The average Bonchev–Trinajstić information content (AvgIpc) is 3.37. The highest BCUT2D eigenvalue weighted by Gasteiger charge is 2.15. The Bertz CT molecular complexity index is 1480. The van der Waals surface area contributed by atoms with Gasteiger partial charge in [-0.25, -0.2) is 4.98 Å². The molecule has 0 aliphatic rings. The van der Waals surface area contributed by atoms with E-state index in [1.54, 1.807) is 4.57 Å². The second-order valence-electron chi connectivity index (χ2n) is 7.86. The molecule has 0 atom stereocenters. The van der Waals surface area contributed by atoms with Gasteiger partial charge in [-0.15, -0.1) is 0 Å². The molecule has 2 aromatic heterocycles. The molecule has 0 saturated carbocycles. The second-order valence-corrected chi connectivity index (χ2v) is 8.80. The molecule has 3 aromatic carbocycles. The Morgan fingerprint density at radius 3 is 2.51 bits per heavy atom. The van der Waals surface area contributed by atoms with Crippen molar-refractivity contribution in [3.63, 3.8) is 0 Å². The van der Waals surface area contributed by atoms with E-state index in [0.717, 1.165) is 17.7 Å². The van der Waals surface area contributed by atoms with Crippen molar-refractivity contribution in [3.8, 4) is 17.1 Å². The van der Waals surface area contributed by atoms with Crippen LogP contribution in [0.5, 0.6) is 5.75 Å². The molecular formula is C27H24N4O3S. The van der Waals surface area contributed by atoms with E-state index in [-0.39, 0.29) is 5.56 Å². The number of ether oxygens (including phenoxy) is 1. The minimum atomic E-state index is -0.0466. The SMILES string of the molecule is CCOc1ccc(-c2noc(CSc3nc4ccccc4c(=O)n3CCc3ccccc3)n2)cc1. The average molecular weight is 485 g/mol. The van der Waals surface area contributed by atoms with Gasteiger partial charge in [0.15, 0.2) is 5.16 Å². The molecule has 0 saturated heterocycles. The molecule has 35 heavy (non-hydrogen) atoms. The van der Waals surface area contributed by atoms with E-state index in [9.17, 15) is 4.79 Å². The van der Waals surface area contributed by atoms with E-state index in [1.807, 2.05) is 73.7 Å². The number of hydrogen-bond donors (Lipinski definition) is 0. The fourth-order valence-corrected chi connectivity index (χ4v) is 4.63. The van der Waals surface area contributed by atoms with E-state index >= 15 is 0 Å². The van der Waals surface area contributed by atoms with Crippen LogP contribution in [0.25, 0.3) is 22.3 Å². The molecule has 0 bridgehead atoms. The van der Waals surface area contributed by atoms with Gasteiger partial charge in [-0.3, -0.25) is 9.36 Å². The summed E-state index contributed by atoms with van der Waals surface area (Å²) >= 11 is 1.42. The Morgan fingerprint density at radius 1 is 0.943 bits per heavy atom. The van der Waals surface area contributed by atoms with Gasteiger partial charge in [0.2, 0.25) is 11.7 Å². The number of fused-ring (bicyclic) bond motifs is 1. The Morgan fingerprint density at radius 2 is 1.71 bits per heavy atom. The lowest BCUT2D eigenvalue weighted by atomic mass is 10.1. The van der Waals surface area contributed by atoms with Crippen molar-refractivity contribution < 1.29 is 9.26 Å². The van der Waals surface area contributed by atoms with Crippen molar-refractivity contribution in [2.45, 2.75) is 30.8 Å². The van der Waals surface area contributed by atoms with Gasteiger partial charge in [0.1, 0.15) is 5.75 Å². The van der Waals surface area contributed by atoms with Crippen molar-refractivity contribution in [1.82, 2.24) is 19.7 Å². The zero-order valence-corrected chi connectivity index (χ0v) is 20.1. The number of thioether (sulfide) groups is 1. The number of para-hydroxylation sites is 1. The summed E-state index contributed by atoms with van der Waals surface area (Å²) in [7, 11) is 0. The molecule has 0 unspecified atom stereocenters. The molecule has 176 valence electrons. The summed E-state index contributed by atoms with van der Waals surface area (Å²) in [5, 5.41) is 5.35. The molecule has 5 aromatic rings. The molecule has 0 aliphatic carbocycles. The zero-order valence-electron chi connectivity index (χ0n) is 19.3. The van der Waals surface area contributed by atoms with Crippen molar-refractivity contribution >= 4 is 22.7 Å². The summed E-state index contributed by atoms with van der Waals surface area (Å²) in [6, 6.07) is 25.1. The van der Waals surface area contributed by atoms with Gasteiger partial charge in [0.25, 0.3) is 5.56 Å². The molecule has 8 heteroatoms. The van der Waals surface area contributed by atoms with Gasteiger partial charge in [0.05, 0.1) is 23.3 Å². The molecule has 2 heterocycles. The fourth-order valence-electron chi connectivity index (χ4n) is 3.76. The standard InChI is InChI=1S/C27H24N4O3S/c1-2-33-21-14-12-20(13-15-21)25-29-24(34-30-25)18-35-27-28-23-11-7-6-10-22(23)26(32)31(27)17-16-19-8-4-3-5-9-19/h3-15H,2,16-18H2,1H3. The first-order valence-corrected chi connectivity index (χ1v) is 12.4. The van der Waals surface area contributed by atoms with Gasteiger partial charge in [-0.1, -0.05) is 59.4 Å². The highest BCUT2D eigenvalue weighted by Crippen LogP contribution is 2.24. The molecule has 5 rings (SSSR count). The lowest BCUT2D eigenvalue weighted by Crippen LogP contribution is -2.24. The third-order valence-electron chi connectivity index (χ3n) is 5.51. The molecule has 0 N–H and O–H groups in total. The lowest BCUT2D eigenvalue weighted by molar-refractivity contribution is 0.340. The molecular weight excluding hydrogens is 460 g/mol. The van der Waals surface area contributed by atoms with Gasteiger partial charge in [-0.05, 0) is 55.3 Å². The van der Waals surface area contributed by atoms with Gasteiger partial charge < -0.3 is 9.26 Å². The maximum atomic E-state index is 13.3. The van der Waals surface area contributed by atoms with Crippen molar-refractivity contribution in [3.05, 3.63) is 101 Å². The minimum Gasteiger partial charge on any atom is -0.494 e. The topological polar surface area (TPSA) is 83.0 Å². The highest BCUT2D eigenvalue weighted by atomic mass is 32.2. The van der Waals surface area contributed by atoms with E-state index in [2.05, 4.69) is 22.3 Å². The van der Waals surface area contributed by atoms with Crippen LogP contribution in [0.4, 0.5) is 0 Å². The monoisotopic (exact) mass is 484 g/mol. The van der Waals surface area contributed by atoms with E-state index in [0.29, 0.717) is 46.7 Å². The van der Waals surface area contributed by atoms with Crippen LogP contribution in [0, 0.1) is 0 Å². The van der Waals surface area contributed by atoms with E-state index < -0.39 is 0 Å². The number of benzene rings is 3. The van der Waals surface area contributed by atoms with Crippen LogP contribution in [0.3, 0.4) is 0 Å². The maximum Gasteiger partial charge on any atom is 0.262 e. The predicted molar refractivity (Wildman–Crippen MR) is 137 cm³/mol. The van der Waals surface area contributed by atoms with Crippen LogP contribution in [0.15, 0.2) is 93.3 Å². The molecule has 0 amide bonds. The Labute approximate surface area is 206 Å². The zero-order chi connectivity index (χ0) is 24.0. The Hall–Kier alpha value is -3.91. The number of nitrogens with zero attached hydrogens (tertiary/aromatic N) is 4. The summed E-state index contributed by atoms with van der Waals surface area (Å²) in [6.07, 6.45) is 0.733. The van der Waals surface area contributed by atoms with E-state index in [1.165, 1.54) is 17.3 Å². The Balaban J connectivity index is 1.37. The molecule has 0 aliphatic heterocycles. The third-order valence-corrected chi connectivity index (χ3v) is 6.47. The van der Waals surface area contributed by atoms with Crippen LogP contribution in [-0.2, 0) is 18.7 Å². The number of aryl methyl sites for hydroxylation is 1. The molecule has 0 spiro atoms. The van der Waals surface area contributed by atoms with Crippen LogP contribution in [0.2, 0.25) is 0 Å². The first kappa shape index (κ1) is 22.9. The van der Waals surface area contributed by atoms with Crippen LogP contribution in [-0.4, -0.2) is 26.3 Å². The Kier molecular flexibility index (Phi) is 6.90. The van der Waals surface area contributed by atoms with Crippen LogP contribution < -0.4 is 10.3 Å². The number of hydrogen-bond acceptors (Lipinski definition) is 7. The predicted octanol–water partition coefficient (Wildman–Crippen LogP) is 5.38. The van der Waals surface area contributed by atoms with Crippen molar-refractivity contribution in [2.75, 3.05) is 6.61 Å². The molecule has 7 nitrogen and oxygen atoms in total. The van der Waals surface area contributed by atoms with Gasteiger partial charge in [-0.2, -0.15) is 4.98 Å². The fraction of sp³-hybridized carbons (Fsp3) is 0.185. The van der Waals surface area contributed by atoms with Gasteiger partial charge >= 0.3 is 0 Å². The van der Waals surface area contributed by atoms with Crippen LogP contribution >= 0.6 is 11.8 Å². The van der Waals surface area contributed by atoms with Crippen LogP contribution in [0.1, 0.15) is 18.4 Å². The van der Waals surface area contributed by atoms with E-state index in [4.69, 9.17) is 14.2 Å². The first-order valence-electron chi connectivity index (χ1n) is 11.4. The first-order chi connectivity index (χ1) is 17.2. The summed E-state index contributed by atoms with van der Waals surface area (Å²) in [6.45, 7) is 3.09. The minimum absolute atomic E-state index is 0.0466. The number of aromatic nitrogens is 4. The normalized spacial score (nSPS) is 11.1. The third kappa shape index (κ3) is 5.27. The smallest absolute Gasteiger partial charge is 0.262 e. The van der Waals surface area contributed by atoms with Gasteiger partial charge in [0, 0.05) is 12.1 Å². The largest absolute Gasteiger partial charge is 0.494 e. The van der Waals surface area contributed by atoms with Crippen molar-refractivity contribution in [2.24, 2.45) is 0 Å². The molecule has 0 fully saturated rings. The number of rotatable bonds is 9. The lowest BCUT2D eigenvalue weighted by Gasteiger charge is -2.12. The highest BCUT2D eigenvalue weighted by molar-refractivity contribution is 7.98. The molecule has 0 radical (unpaired) electrons. The second kappa shape index (κ2) is 10.6. The summed E-state index contributed by atoms with van der Waals surface area (Å²) in [4.78, 5) is 22.6.